The van der Waals surface area contributed by atoms with E-state index in [9.17, 15) is 0 Å². The van der Waals surface area contributed by atoms with Crippen LogP contribution in [0.15, 0.2) is 103 Å². The molecule has 0 N–H and O–H groups in total. The first-order valence-corrected chi connectivity index (χ1v) is 9.22. The van der Waals surface area contributed by atoms with E-state index >= 15 is 0 Å². The van der Waals surface area contributed by atoms with Gasteiger partial charge in [-0.3, -0.25) is 0 Å². The first kappa shape index (κ1) is 17.3. The third-order valence-corrected chi connectivity index (χ3v) is 4.75. The van der Waals surface area contributed by atoms with E-state index in [1.54, 1.807) is 5.57 Å². The van der Waals surface area contributed by atoms with Gasteiger partial charge in [0.05, 0.1) is 6.04 Å². The summed E-state index contributed by atoms with van der Waals surface area (Å²) in [6, 6.07) is 11.2. The molecule has 1 nitrogen and oxygen atoms in total. The van der Waals surface area contributed by atoms with Gasteiger partial charge in [0.2, 0.25) is 0 Å². The number of hydrogen-bond acceptors (Lipinski definition) is 1. The minimum Gasteiger partial charge on any atom is -0.338 e. The van der Waals surface area contributed by atoms with Crippen molar-refractivity contribution in [1.29, 1.82) is 0 Å². The van der Waals surface area contributed by atoms with Gasteiger partial charge in [-0.2, -0.15) is 0 Å². The Morgan fingerprint density at radius 1 is 1.08 bits per heavy atom. The van der Waals surface area contributed by atoms with Gasteiger partial charge in [0.1, 0.15) is 0 Å². The summed E-state index contributed by atoms with van der Waals surface area (Å²) in [6.45, 7) is 3.72. The molecule has 0 fully saturated rings. The van der Waals surface area contributed by atoms with Crippen LogP contribution in [0.4, 0.5) is 5.69 Å². The molecule has 0 radical (unpaired) electrons. The van der Waals surface area contributed by atoms with Crippen LogP contribution in [0.5, 0.6) is 0 Å². The molecule has 0 spiro atoms. The first-order chi connectivity index (χ1) is 12.4. The van der Waals surface area contributed by atoms with E-state index < -0.39 is 0 Å². The zero-order chi connectivity index (χ0) is 17.3. The van der Waals surface area contributed by atoms with Crippen LogP contribution in [0.1, 0.15) is 32.1 Å². The summed E-state index contributed by atoms with van der Waals surface area (Å²) in [5.74, 6) is 0. The van der Waals surface area contributed by atoms with Crippen molar-refractivity contribution in [2.45, 2.75) is 38.1 Å². The zero-order valence-electron chi connectivity index (χ0n) is 14.9. The molecule has 0 aromatic heterocycles. The highest BCUT2D eigenvalue weighted by molar-refractivity contribution is 5.56. The van der Waals surface area contributed by atoms with Gasteiger partial charge in [-0.1, -0.05) is 79.0 Å². The minimum atomic E-state index is 0.407. The molecule has 2 aliphatic carbocycles. The standard InChI is InChI=1S/C24H27N/c1-2-3-4-7-12-21-17-19-24(20-18-21)25(22-13-8-5-9-14-22)23-15-10-6-11-16-23/h2-6,8-11,13-15,17,19,23H,1,7,12,16,18,20H2/b4-3+. The lowest BCUT2D eigenvalue weighted by molar-refractivity contribution is 0.706. The molecule has 1 unspecified atom stereocenters. The summed E-state index contributed by atoms with van der Waals surface area (Å²) in [4.78, 5) is 2.50. The lowest BCUT2D eigenvalue weighted by atomic mass is 9.95. The predicted octanol–water partition coefficient (Wildman–Crippen LogP) is 6.50. The number of anilines is 1. The van der Waals surface area contributed by atoms with Crippen molar-refractivity contribution in [3.8, 4) is 0 Å². The summed E-state index contributed by atoms with van der Waals surface area (Å²) in [5, 5.41) is 0. The molecule has 1 aromatic rings. The quantitative estimate of drug-likeness (QED) is 0.516. The molecule has 0 bridgehead atoms. The van der Waals surface area contributed by atoms with E-state index in [1.165, 1.54) is 11.4 Å². The highest BCUT2D eigenvalue weighted by Crippen LogP contribution is 2.32. The number of rotatable bonds is 7. The van der Waals surface area contributed by atoms with Gasteiger partial charge < -0.3 is 4.90 Å². The van der Waals surface area contributed by atoms with Crippen LogP contribution in [0.3, 0.4) is 0 Å². The molecule has 0 heterocycles. The highest BCUT2D eigenvalue weighted by atomic mass is 15.2. The number of allylic oxidation sites excluding steroid dienone is 9. The van der Waals surface area contributed by atoms with Crippen molar-refractivity contribution in [1.82, 2.24) is 0 Å². The van der Waals surface area contributed by atoms with Crippen LogP contribution in [0.2, 0.25) is 0 Å². The van der Waals surface area contributed by atoms with Crippen molar-refractivity contribution in [3.05, 3.63) is 103 Å². The maximum Gasteiger partial charge on any atom is 0.0556 e. The SMILES string of the molecule is C=C/C=C/CCC1=CC=C(N(c2ccccc2)C2C=CC=CC2)CC1. The Morgan fingerprint density at radius 3 is 2.64 bits per heavy atom. The van der Waals surface area contributed by atoms with Crippen LogP contribution in [0.25, 0.3) is 0 Å². The van der Waals surface area contributed by atoms with E-state index in [0.717, 1.165) is 32.1 Å². The lowest BCUT2D eigenvalue weighted by Gasteiger charge is -2.35. The van der Waals surface area contributed by atoms with Gasteiger partial charge >= 0.3 is 0 Å². The smallest absolute Gasteiger partial charge is 0.0556 e. The number of nitrogens with zero attached hydrogens (tertiary/aromatic N) is 1. The van der Waals surface area contributed by atoms with E-state index in [0.29, 0.717) is 6.04 Å². The summed E-state index contributed by atoms with van der Waals surface area (Å²) >= 11 is 0. The second-order valence-corrected chi connectivity index (χ2v) is 6.51. The van der Waals surface area contributed by atoms with Crippen LogP contribution < -0.4 is 4.90 Å². The van der Waals surface area contributed by atoms with Crippen LogP contribution >= 0.6 is 0 Å². The predicted molar refractivity (Wildman–Crippen MR) is 110 cm³/mol. The van der Waals surface area contributed by atoms with Crippen molar-refractivity contribution in [2.24, 2.45) is 0 Å². The Morgan fingerprint density at radius 2 is 1.96 bits per heavy atom. The fourth-order valence-electron chi connectivity index (χ4n) is 3.46. The Kier molecular flexibility index (Phi) is 6.28. The number of hydrogen-bond donors (Lipinski definition) is 0. The van der Waals surface area contributed by atoms with Crippen molar-refractivity contribution >= 4 is 5.69 Å². The molecule has 0 amide bonds. The normalized spacial score (nSPS) is 19.6. The molecule has 0 saturated heterocycles. The molecule has 128 valence electrons. The fourth-order valence-corrected chi connectivity index (χ4v) is 3.46. The van der Waals surface area contributed by atoms with Gasteiger partial charge in [-0.05, 0) is 50.3 Å². The van der Waals surface area contributed by atoms with E-state index in [4.69, 9.17) is 0 Å². The van der Waals surface area contributed by atoms with Crippen LogP contribution in [0, 0.1) is 0 Å². The van der Waals surface area contributed by atoms with Gasteiger partial charge in [-0.15, -0.1) is 0 Å². The highest BCUT2D eigenvalue weighted by Gasteiger charge is 2.21. The van der Waals surface area contributed by atoms with Gasteiger partial charge in [0.15, 0.2) is 0 Å². The van der Waals surface area contributed by atoms with Crippen LogP contribution in [-0.2, 0) is 0 Å². The molecule has 0 saturated carbocycles. The first-order valence-electron chi connectivity index (χ1n) is 9.22. The van der Waals surface area contributed by atoms with E-state index in [-0.39, 0.29) is 0 Å². The Balaban J connectivity index is 1.77. The third kappa shape index (κ3) is 4.73. The molecule has 0 aliphatic heterocycles. The maximum absolute atomic E-state index is 3.72. The average Bonchev–Trinajstić information content (AvgIpc) is 2.68. The number of para-hydroxylation sites is 1. The number of benzene rings is 1. The van der Waals surface area contributed by atoms with Crippen molar-refractivity contribution in [3.63, 3.8) is 0 Å². The summed E-state index contributed by atoms with van der Waals surface area (Å²) < 4.78 is 0. The van der Waals surface area contributed by atoms with Gasteiger partial charge in [0, 0.05) is 11.4 Å². The molecule has 3 rings (SSSR count). The van der Waals surface area contributed by atoms with E-state index in [2.05, 4.69) is 84.3 Å². The molecular weight excluding hydrogens is 302 g/mol. The second kappa shape index (κ2) is 9.08. The molecule has 1 aromatic carbocycles. The van der Waals surface area contributed by atoms with E-state index in [1.807, 2.05) is 12.2 Å². The van der Waals surface area contributed by atoms with Crippen LogP contribution in [-0.4, -0.2) is 6.04 Å². The Bertz CT molecular complexity index is 716. The molecule has 1 heteroatoms. The van der Waals surface area contributed by atoms with Gasteiger partial charge in [-0.25, -0.2) is 0 Å². The second-order valence-electron chi connectivity index (χ2n) is 6.51. The van der Waals surface area contributed by atoms with Crippen molar-refractivity contribution in [2.75, 3.05) is 4.90 Å². The molecular formula is C24H27N. The zero-order valence-corrected chi connectivity index (χ0v) is 14.9. The molecule has 25 heavy (non-hydrogen) atoms. The van der Waals surface area contributed by atoms with Crippen molar-refractivity contribution < 1.29 is 0 Å². The average molecular weight is 329 g/mol. The van der Waals surface area contributed by atoms with Gasteiger partial charge in [0.25, 0.3) is 0 Å². The summed E-state index contributed by atoms with van der Waals surface area (Å²) in [5.41, 5.74) is 4.25. The summed E-state index contributed by atoms with van der Waals surface area (Å²) in [6.07, 6.45) is 25.2. The molecule has 1 atom stereocenters. The topological polar surface area (TPSA) is 3.24 Å². The third-order valence-electron chi connectivity index (χ3n) is 4.75. The minimum absolute atomic E-state index is 0.407. The maximum atomic E-state index is 3.72. The monoisotopic (exact) mass is 329 g/mol. The Labute approximate surface area is 152 Å². The Hall–Kier alpha value is -2.54. The largest absolute Gasteiger partial charge is 0.338 e. The molecule has 2 aliphatic rings. The lowest BCUT2D eigenvalue weighted by Crippen LogP contribution is -2.34. The fraction of sp³-hybridized carbons (Fsp3) is 0.250. The summed E-state index contributed by atoms with van der Waals surface area (Å²) in [7, 11) is 0.